The number of thiazole rings is 1. The van der Waals surface area contributed by atoms with Crippen molar-refractivity contribution in [3.05, 3.63) is 52.8 Å². The van der Waals surface area contributed by atoms with E-state index in [0.717, 1.165) is 34.0 Å². The van der Waals surface area contributed by atoms with Crippen LogP contribution in [0.5, 0.6) is 5.75 Å². The number of hydrogen-bond acceptors (Lipinski definition) is 5. The van der Waals surface area contributed by atoms with Crippen LogP contribution in [-0.2, 0) is 6.54 Å². The number of ether oxygens (including phenoxy) is 1. The average Bonchev–Trinajstić information content (AvgIpc) is 3.02. The summed E-state index contributed by atoms with van der Waals surface area (Å²) in [6.45, 7) is 0.792. The fourth-order valence-electron chi connectivity index (χ4n) is 2.71. The van der Waals surface area contributed by atoms with Gasteiger partial charge < -0.3 is 14.2 Å². The SMILES string of the molecule is COc1ccc2sc(=NC(=O)c3ccc(N(C)C)cc3)n(CCSC)c2c1. The number of carbonyl (C=O) groups excluding carboxylic acids is 1. The van der Waals surface area contributed by atoms with Gasteiger partial charge in [-0.05, 0) is 42.7 Å². The predicted octanol–water partition coefficient (Wildman–Crippen LogP) is 3.88. The van der Waals surface area contributed by atoms with E-state index in [2.05, 4.69) is 15.8 Å². The number of aryl methyl sites for hydroxylation is 1. The molecule has 5 nitrogen and oxygen atoms in total. The van der Waals surface area contributed by atoms with Crippen molar-refractivity contribution in [3.63, 3.8) is 0 Å². The lowest BCUT2D eigenvalue weighted by molar-refractivity contribution is 0.0998. The molecule has 0 radical (unpaired) electrons. The third kappa shape index (κ3) is 4.36. The van der Waals surface area contributed by atoms with Gasteiger partial charge >= 0.3 is 0 Å². The average molecular weight is 402 g/mol. The topological polar surface area (TPSA) is 46.8 Å². The molecule has 0 aliphatic rings. The number of benzene rings is 2. The van der Waals surface area contributed by atoms with E-state index in [1.807, 2.05) is 61.5 Å². The predicted molar refractivity (Wildman–Crippen MR) is 115 cm³/mol. The van der Waals surface area contributed by atoms with Gasteiger partial charge in [0.15, 0.2) is 4.80 Å². The van der Waals surface area contributed by atoms with Gasteiger partial charge in [-0.2, -0.15) is 16.8 Å². The second-order valence-corrected chi connectivity index (χ2v) is 8.22. The number of rotatable bonds is 6. The lowest BCUT2D eigenvalue weighted by Gasteiger charge is -2.11. The minimum atomic E-state index is -0.225. The molecule has 0 bridgehead atoms. The molecule has 7 heteroatoms. The molecule has 0 aliphatic carbocycles. The Bertz CT molecular complexity index is 1000. The molecule has 0 saturated carbocycles. The number of thioether (sulfide) groups is 1. The summed E-state index contributed by atoms with van der Waals surface area (Å²) in [6, 6.07) is 13.5. The Morgan fingerprint density at radius 2 is 1.96 bits per heavy atom. The Kier molecular flexibility index (Phi) is 6.23. The molecular formula is C20H23N3O2S2. The first-order chi connectivity index (χ1) is 13.0. The molecule has 0 unspecified atom stereocenters. The molecular weight excluding hydrogens is 378 g/mol. The molecule has 0 atom stereocenters. The minimum absolute atomic E-state index is 0.225. The fourth-order valence-corrected chi connectivity index (χ4v) is 4.11. The largest absolute Gasteiger partial charge is 0.497 e. The van der Waals surface area contributed by atoms with Gasteiger partial charge in [0, 0.05) is 43.7 Å². The summed E-state index contributed by atoms with van der Waals surface area (Å²) < 4.78 is 8.55. The Balaban J connectivity index is 2.04. The maximum absolute atomic E-state index is 12.7. The first kappa shape index (κ1) is 19.5. The quantitative estimate of drug-likeness (QED) is 0.629. The zero-order chi connectivity index (χ0) is 19.4. The highest BCUT2D eigenvalue weighted by atomic mass is 32.2. The van der Waals surface area contributed by atoms with Gasteiger partial charge in [0.2, 0.25) is 0 Å². The van der Waals surface area contributed by atoms with Crippen LogP contribution in [0.1, 0.15) is 10.4 Å². The molecule has 0 aliphatic heterocycles. The molecule has 27 heavy (non-hydrogen) atoms. The first-order valence-corrected chi connectivity index (χ1v) is 10.8. The maximum Gasteiger partial charge on any atom is 0.279 e. The highest BCUT2D eigenvalue weighted by Gasteiger charge is 2.10. The summed E-state index contributed by atoms with van der Waals surface area (Å²) in [5.74, 6) is 1.52. The second-order valence-electron chi connectivity index (χ2n) is 6.22. The van der Waals surface area contributed by atoms with Crippen LogP contribution in [0, 0.1) is 0 Å². The lowest BCUT2D eigenvalue weighted by Crippen LogP contribution is -2.18. The van der Waals surface area contributed by atoms with Crippen molar-refractivity contribution in [1.82, 2.24) is 4.57 Å². The van der Waals surface area contributed by atoms with Crippen LogP contribution in [0.25, 0.3) is 10.2 Å². The van der Waals surface area contributed by atoms with E-state index in [1.165, 1.54) is 11.3 Å². The van der Waals surface area contributed by atoms with Crippen molar-refractivity contribution < 1.29 is 9.53 Å². The maximum atomic E-state index is 12.7. The van der Waals surface area contributed by atoms with Crippen LogP contribution >= 0.6 is 23.1 Å². The van der Waals surface area contributed by atoms with E-state index >= 15 is 0 Å². The Morgan fingerprint density at radius 3 is 2.59 bits per heavy atom. The number of carbonyl (C=O) groups is 1. The van der Waals surface area contributed by atoms with Crippen molar-refractivity contribution in [3.8, 4) is 5.75 Å². The molecule has 142 valence electrons. The highest BCUT2D eigenvalue weighted by Crippen LogP contribution is 2.23. The Morgan fingerprint density at radius 1 is 1.22 bits per heavy atom. The van der Waals surface area contributed by atoms with Crippen LogP contribution in [0.2, 0.25) is 0 Å². The van der Waals surface area contributed by atoms with Crippen LogP contribution in [0.4, 0.5) is 5.69 Å². The van der Waals surface area contributed by atoms with Crippen LogP contribution < -0.4 is 14.4 Å². The molecule has 3 aromatic rings. The normalized spacial score (nSPS) is 11.8. The summed E-state index contributed by atoms with van der Waals surface area (Å²) in [7, 11) is 5.61. The van der Waals surface area contributed by atoms with Crippen molar-refractivity contribution >= 4 is 44.9 Å². The molecule has 1 aromatic heterocycles. The van der Waals surface area contributed by atoms with Gasteiger partial charge in [-0.25, -0.2) is 0 Å². The Hall–Kier alpha value is -2.25. The summed E-state index contributed by atoms with van der Waals surface area (Å²) in [4.78, 5) is 19.9. The van der Waals surface area contributed by atoms with E-state index in [0.29, 0.717) is 10.4 Å². The number of methoxy groups -OCH3 is 1. The number of hydrogen-bond donors (Lipinski definition) is 0. The Labute approximate surface area is 167 Å². The lowest BCUT2D eigenvalue weighted by atomic mass is 10.2. The van der Waals surface area contributed by atoms with Crippen LogP contribution in [-0.4, -0.2) is 43.7 Å². The molecule has 1 amide bonds. The molecule has 0 fully saturated rings. The van der Waals surface area contributed by atoms with Gasteiger partial charge in [0.25, 0.3) is 5.91 Å². The summed E-state index contributed by atoms with van der Waals surface area (Å²) >= 11 is 3.29. The molecule has 0 N–H and O–H groups in total. The van der Waals surface area contributed by atoms with Gasteiger partial charge in [-0.3, -0.25) is 4.79 Å². The van der Waals surface area contributed by atoms with Crippen molar-refractivity contribution in [2.75, 3.05) is 38.1 Å². The fraction of sp³-hybridized carbons (Fsp3) is 0.300. The molecule has 0 spiro atoms. The summed E-state index contributed by atoms with van der Waals surface area (Å²) in [6.07, 6.45) is 2.07. The monoisotopic (exact) mass is 401 g/mol. The van der Waals surface area contributed by atoms with Crippen molar-refractivity contribution in [2.24, 2.45) is 4.99 Å². The second kappa shape index (κ2) is 8.63. The third-order valence-electron chi connectivity index (χ3n) is 4.24. The number of anilines is 1. The smallest absolute Gasteiger partial charge is 0.279 e. The van der Waals surface area contributed by atoms with Gasteiger partial charge in [0.05, 0.1) is 17.3 Å². The number of nitrogens with zero attached hydrogens (tertiary/aromatic N) is 3. The van der Waals surface area contributed by atoms with E-state index in [9.17, 15) is 4.79 Å². The van der Waals surface area contributed by atoms with Crippen LogP contribution in [0.3, 0.4) is 0 Å². The highest BCUT2D eigenvalue weighted by molar-refractivity contribution is 7.98. The first-order valence-electron chi connectivity index (χ1n) is 8.56. The van der Waals surface area contributed by atoms with Gasteiger partial charge in [0.1, 0.15) is 5.75 Å². The van der Waals surface area contributed by atoms with Gasteiger partial charge in [-0.15, -0.1) is 0 Å². The molecule has 3 rings (SSSR count). The van der Waals surface area contributed by atoms with Crippen molar-refractivity contribution in [1.29, 1.82) is 0 Å². The molecule has 1 heterocycles. The molecule has 2 aromatic carbocycles. The summed E-state index contributed by atoms with van der Waals surface area (Å²) in [5.41, 5.74) is 2.69. The van der Waals surface area contributed by atoms with E-state index in [-0.39, 0.29) is 5.91 Å². The number of fused-ring (bicyclic) bond motifs is 1. The molecule has 0 saturated heterocycles. The van der Waals surface area contributed by atoms with E-state index in [1.54, 1.807) is 18.9 Å². The number of amides is 1. The third-order valence-corrected chi connectivity index (χ3v) is 5.89. The van der Waals surface area contributed by atoms with E-state index < -0.39 is 0 Å². The van der Waals surface area contributed by atoms with E-state index in [4.69, 9.17) is 4.74 Å². The number of aromatic nitrogens is 1. The van der Waals surface area contributed by atoms with Crippen LogP contribution in [0.15, 0.2) is 47.5 Å². The van der Waals surface area contributed by atoms with Gasteiger partial charge in [-0.1, -0.05) is 11.3 Å². The van der Waals surface area contributed by atoms with Crippen molar-refractivity contribution in [2.45, 2.75) is 6.54 Å². The summed E-state index contributed by atoms with van der Waals surface area (Å²) in [5, 5.41) is 0. The minimum Gasteiger partial charge on any atom is -0.497 e. The zero-order valence-electron chi connectivity index (χ0n) is 15.9. The zero-order valence-corrected chi connectivity index (χ0v) is 17.6. The standard InChI is InChI=1S/C20H23N3O2S2/c1-22(2)15-7-5-14(6-8-15)19(24)21-20-23(11-12-26-4)17-13-16(25-3)9-10-18(17)27-20/h5-10,13H,11-12H2,1-4H3.